The lowest BCUT2D eigenvalue weighted by Crippen LogP contribution is -2.46. The Bertz CT molecular complexity index is 962. The lowest BCUT2D eigenvalue weighted by Gasteiger charge is -2.37. The van der Waals surface area contributed by atoms with Gasteiger partial charge in [-0.15, -0.1) is 22.7 Å². The van der Waals surface area contributed by atoms with E-state index in [9.17, 15) is 4.79 Å². The molecule has 2 aliphatic rings. The van der Waals surface area contributed by atoms with Crippen LogP contribution < -0.4 is 0 Å². The van der Waals surface area contributed by atoms with E-state index in [4.69, 9.17) is 4.98 Å². The van der Waals surface area contributed by atoms with E-state index in [2.05, 4.69) is 46.4 Å². The van der Waals surface area contributed by atoms with Crippen molar-refractivity contribution in [1.82, 2.24) is 14.8 Å². The molecule has 5 rings (SSSR count). The van der Waals surface area contributed by atoms with Crippen LogP contribution in [0.1, 0.15) is 47.2 Å². The third kappa shape index (κ3) is 3.38. The van der Waals surface area contributed by atoms with Crippen LogP contribution in [-0.2, 0) is 11.2 Å². The smallest absolute Gasteiger partial charge is 0.236 e. The van der Waals surface area contributed by atoms with E-state index in [1.165, 1.54) is 20.1 Å². The number of carbonyl (C=O) groups is 1. The highest BCUT2D eigenvalue weighted by Gasteiger charge is 2.31. The van der Waals surface area contributed by atoms with Gasteiger partial charge in [0, 0.05) is 36.5 Å². The maximum atomic E-state index is 13.1. The van der Waals surface area contributed by atoms with Gasteiger partial charge < -0.3 is 4.90 Å². The Balaban J connectivity index is 1.26. The molecule has 146 valence electrons. The first-order valence-corrected chi connectivity index (χ1v) is 11.8. The summed E-state index contributed by atoms with van der Waals surface area (Å²) in [6.45, 7) is 5.44. The van der Waals surface area contributed by atoms with Crippen LogP contribution in [0.3, 0.4) is 0 Å². The third-order valence-electron chi connectivity index (χ3n) is 6.18. The van der Waals surface area contributed by atoms with Crippen LogP contribution in [0, 0.1) is 0 Å². The van der Waals surface area contributed by atoms with Crippen LogP contribution in [0.4, 0.5) is 0 Å². The number of thiazole rings is 1. The zero-order valence-electron chi connectivity index (χ0n) is 16.1. The zero-order valence-corrected chi connectivity index (χ0v) is 17.8. The summed E-state index contributed by atoms with van der Waals surface area (Å²) in [4.78, 5) is 23.8. The normalized spacial score (nSPS) is 23.1. The Morgan fingerprint density at radius 2 is 2.14 bits per heavy atom. The van der Waals surface area contributed by atoms with Crippen LogP contribution in [0.15, 0.2) is 35.7 Å². The van der Waals surface area contributed by atoms with Crippen LogP contribution in [-0.4, -0.2) is 46.9 Å². The van der Waals surface area contributed by atoms with Gasteiger partial charge in [0.15, 0.2) is 0 Å². The summed E-state index contributed by atoms with van der Waals surface area (Å²) >= 11 is 3.64. The molecule has 2 aliphatic heterocycles. The molecular formula is C22H25N3OS2. The molecule has 0 unspecified atom stereocenters. The summed E-state index contributed by atoms with van der Waals surface area (Å²) in [5, 5.41) is 3.37. The third-order valence-corrected chi connectivity index (χ3v) is 8.37. The quantitative estimate of drug-likeness (QED) is 0.628. The number of para-hydroxylation sites is 1. The number of hydrogen-bond acceptors (Lipinski definition) is 5. The predicted octanol–water partition coefficient (Wildman–Crippen LogP) is 4.68. The fourth-order valence-electron chi connectivity index (χ4n) is 4.52. The van der Waals surface area contributed by atoms with Crippen molar-refractivity contribution in [2.24, 2.45) is 0 Å². The fraction of sp³-hybridized carbons (Fsp3) is 0.455. The van der Waals surface area contributed by atoms with Crippen molar-refractivity contribution in [3.05, 3.63) is 51.2 Å². The minimum Gasteiger partial charge on any atom is -0.341 e. The SMILES string of the molecule is C[C@H]1c2ccsc2CCN1CC(=O)N1CCC[C@H](c2nc3ccccc3s2)C1. The molecule has 1 aromatic carbocycles. The fourth-order valence-corrected chi connectivity index (χ4v) is 6.58. The molecule has 0 aliphatic carbocycles. The predicted molar refractivity (Wildman–Crippen MR) is 116 cm³/mol. The summed E-state index contributed by atoms with van der Waals surface area (Å²) in [6, 6.07) is 10.9. The Kier molecular flexibility index (Phi) is 4.95. The van der Waals surface area contributed by atoms with Crippen molar-refractivity contribution in [2.75, 3.05) is 26.2 Å². The van der Waals surface area contributed by atoms with Crippen molar-refractivity contribution in [3.8, 4) is 0 Å². The molecule has 0 N–H and O–H groups in total. The molecule has 1 fully saturated rings. The maximum Gasteiger partial charge on any atom is 0.236 e. The average Bonchev–Trinajstić information content (AvgIpc) is 3.37. The van der Waals surface area contributed by atoms with Crippen LogP contribution in [0.2, 0.25) is 0 Å². The van der Waals surface area contributed by atoms with E-state index in [0.717, 1.165) is 44.4 Å². The maximum absolute atomic E-state index is 13.1. The van der Waals surface area contributed by atoms with Crippen molar-refractivity contribution in [2.45, 2.75) is 38.1 Å². The average molecular weight is 412 g/mol. The molecule has 0 radical (unpaired) electrons. The highest BCUT2D eigenvalue weighted by atomic mass is 32.1. The Morgan fingerprint density at radius 1 is 1.25 bits per heavy atom. The minimum absolute atomic E-state index is 0.274. The summed E-state index contributed by atoms with van der Waals surface area (Å²) in [6.07, 6.45) is 3.26. The van der Waals surface area contributed by atoms with E-state index in [1.807, 2.05) is 17.4 Å². The monoisotopic (exact) mass is 411 g/mol. The highest BCUT2D eigenvalue weighted by Crippen LogP contribution is 2.34. The van der Waals surface area contributed by atoms with Gasteiger partial charge in [0.1, 0.15) is 0 Å². The molecule has 4 heterocycles. The first-order valence-electron chi connectivity index (χ1n) is 10.1. The van der Waals surface area contributed by atoms with Crippen LogP contribution >= 0.6 is 22.7 Å². The van der Waals surface area contributed by atoms with Gasteiger partial charge in [0.05, 0.1) is 21.8 Å². The summed E-state index contributed by atoms with van der Waals surface area (Å²) < 4.78 is 1.25. The number of nitrogens with zero attached hydrogens (tertiary/aromatic N) is 3. The second-order valence-electron chi connectivity index (χ2n) is 7.89. The highest BCUT2D eigenvalue weighted by molar-refractivity contribution is 7.18. The molecule has 2 aromatic heterocycles. The van der Waals surface area contributed by atoms with E-state index < -0.39 is 0 Å². The standard InChI is InChI=1S/C22H25N3OS2/c1-15-17-9-12-27-19(17)8-11-24(15)14-21(26)25-10-4-5-16(13-25)22-23-18-6-2-3-7-20(18)28-22/h2-3,6-7,9,12,15-16H,4-5,8,10-11,13-14H2,1H3/t15-,16-/m0/s1. The number of rotatable bonds is 3. The first-order chi connectivity index (χ1) is 13.7. The molecule has 4 nitrogen and oxygen atoms in total. The summed E-state index contributed by atoms with van der Waals surface area (Å²) in [7, 11) is 0. The molecule has 0 spiro atoms. The lowest BCUT2D eigenvalue weighted by atomic mass is 9.98. The molecular weight excluding hydrogens is 386 g/mol. The van der Waals surface area contributed by atoms with E-state index in [0.29, 0.717) is 18.5 Å². The van der Waals surface area contributed by atoms with E-state index in [1.54, 1.807) is 11.3 Å². The number of piperidine rings is 1. The number of aromatic nitrogens is 1. The molecule has 6 heteroatoms. The van der Waals surface area contributed by atoms with Gasteiger partial charge in [-0.3, -0.25) is 9.69 Å². The van der Waals surface area contributed by atoms with Crippen LogP contribution in [0.5, 0.6) is 0 Å². The lowest BCUT2D eigenvalue weighted by molar-refractivity contribution is -0.134. The molecule has 2 atom stereocenters. The van der Waals surface area contributed by atoms with Crippen LogP contribution in [0.25, 0.3) is 10.2 Å². The molecule has 1 amide bonds. The van der Waals surface area contributed by atoms with E-state index >= 15 is 0 Å². The van der Waals surface area contributed by atoms with Gasteiger partial charge in [-0.2, -0.15) is 0 Å². The Hall–Kier alpha value is -1.76. The number of thiophene rings is 1. The van der Waals surface area contributed by atoms with E-state index in [-0.39, 0.29) is 5.91 Å². The van der Waals surface area contributed by atoms with Gasteiger partial charge in [0.2, 0.25) is 5.91 Å². The second kappa shape index (κ2) is 7.58. The summed E-state index contributed by atoms with van der Waals surface area (Å²) in [5.74, 6) is 0.647. The van der Waals surface area contributed by atoms with Crippen molar-refractivity contribution < 1.29 is 4.79 Å². The van der Waals surface area contributed by atoms with Gasteiger partial charge in [0.25, 0.3) is 0 Å². The van der Waals surface area contributed by atoms with Gasteiger partial charge >= 0.3 is 0 Å². The summed E-state index contributed by atoms with van der Waals surface area (Å²) in [5.41, 5.74) is 2.50. The topological polar surface area (TPSA) is 36.4 Å². The number of hydrogen-bond donors (Lipinski definition) is 0. The van der Waals surface area contributed by atoms with Crippen molar-refractivity contribution >= 4 is 38.8 Å². The first kappa shape index (κ1) is 18.3. The second-order valence-corrected chi connectivity index (χ2v) is 9.96. The number of benzene rings is 1. The molecule has 0 saturated carbocycles. The number of likely N-dealkylation sites (tertiary alicyclic amines) is 1. The van der Waals surface area contributed by atoms with Gasteiger partial charge in [-0.1, -0.05) is 12.1 Å². The molecule has 3 aromatic rings. The largest absolute Gasteiger partial charge is 0.341 e. The van der Waals surface area contributed by atoms with Crippen molar-refractivity contribution in [1.29, 1.82) is 0 Å². The molecule has 1 saturated heterocycles. The number of amides is 1. The van der Waals surface area contributed by atoms with Gasteiger partial charge in [-0.05, 0) is 55.3 Å². The molecule has 28 heavy (non-hydrogen) atoms. The molecule has 0 bridgehead atoms. The Labute approximate surface area is 173 Å². The Morgan fingerprint density at radius 3 is 3.04 bits per heavy atom. The number of fused-ring (bicyclic) bond motifs is 2. The van der Waals surface area contributed by atoms with Gasteiger partial charge in [-0.25, -0.2) is 4.98 Å². The zero-order chi connectivity index (χ0) is 19.1. The number of carbonyl (C=O) groups excluding carboxylic acids is 1. The minimum atomic E-state index is 0.274. The van der Waals surface area contributed by atoms with Crippen molar-refractivity contribution in [3.63, 3.8) is 0 Å².